The van der Waals surface area contributed by atoms with Crippen molar-refractivity contribution in [1.29, 1.82) is 0 Å². The number of oxime groups is 1. The number of carbonyl (C=O) groups excluding carboxylic acids is 1. The first-order valence-electron chi connectivity index (χ1n) is 5.34. The molecule has 0 unspecified atom stereocenters. The van der Waals surface area contributed by atoms with E-state index in [1.54, 1.807) is 23.6 Å². The van der Waals surface area contributed by atoms with Gasteiger partial charge in [0, 0.05) is 16.0 Å². The van der Waals surface area contributed by atoms with E-state index in [9.17, 15) is 4.79 Å². The van der Waals surface area contributed by atoms with Crippen LogP contribution in [0.1, 0.15) is 15.9 Å². The second kappa shape index (κ2) is 6.25. The fourth-order valence-electron chi connectivity index (χ4n) is 1.52. The van der Waals surface area contributed by atoms with Crippen molar-refractivity contribution in [3.05, 3.63) is 49.6 Å². The van der Waals surface area contributed by atoms with Gasteiger partial charge < -0.3 is 16.3 Å². The SMILES string of the molecule is N/C(=N/O)c1ccc(Cl)cc1NC(=O)c1csc(Br)c1. The first kappa shape index (κ1) is 14.8. The third kappa shape index (κ3) is 3.30. The predicted octanol–water partition coefficient (Wildman–Crippen LogP) is 3.51. The number of thiophene rings is 1. The van der Waals surface area contributed by atoms with Crippen molar-refractivity contribution in [3.8, 4) is 0 Å². The zero-order valence-corrected chi connectivity index (χ0v) is 13.1. The average Bonchev–Trinajstić information content (AvgIpc) is 2.85. The van der Waals surface area contributed by atoms with Crippen molar-refractivity contribution in [2.45, 2.75) is 0 Å². The second-order valence-electron chi connectivity index (χ2n) is 3.77. The largest absolute Gasteiger partial charge is 0.409 e. The van der Waals surface area contributed by atoms with Crippen molar-refractivity contribution in [2.24, 2.45) is 10.9 Å². The molecule has 2 aromatic rings. The van der Waals surface area contributed by atoms with E-state index in [4.69, 9.17) is 22.5 Å². The molecule has 5 nitrogen and oxygen atoms in total. The summed E-state index contributed by atoms with van der Waals surface area (Å²) in [6.45, 7) is 0. The zero-order chi connectivity index (χ0) is 14.7. The van der Waals surface area contributed by atoms with Crippen molar-refractivity contribution in [1.82, 2.24) is 0 Å². The maximum atomic E-state index is 12.1. The van der Waals surface area contributed by atoms with Gasteiger partial charge in [0.05, 0.1) is 15.0 Å². The van der Waals surface area contributed by atoms with Crippen LogP contribution in [0, 0.1) is 0 Å². The molecule has 1 aromatic heterocycles. The van der Waals surface area contributed by atoms with Gasteiger partial charge in [-0.05, 0) is 40.2 Å². The predicted molar refractivity (Wildman–Crippen MR) is 83.9 cm³/mol. The number of halogens is 2. The molecule has 0 saturated carbocycles. The first-order chi connectivity index (χ1) is 9.51. The highest BCUT2D eigenvalue weighted by Gasteiger charge is 2.13. The lowest BCUT2D eigenvalue weighted by molar-refractivity contribution is 0.102. The minimum absolute atomic E-state index is 0.108. The van der Waals surface area contributed by atoms with Gasteiger partial charge in [0.2, 0.25) is 0 Å². The fourth-order valence-corrected chi connectivity index (χ4v) is 2.83. The van der Waals surface area contributed by atoms with Gasteiger partial charge >= 0.3 is 0 Å². The Hall–Kier alpha value is -1.57. The molecule has 0 aliphatic carbocycles. The first-order valence-corrected chi connectivity index (χ1v) is 7.39. The van der Waals surface area contributed by atoms with E-state index in [2.05, 4.69) is 26.4 Å². The Balaban J connectivity index is 2.33. The number of amides is 1. The van der Waals surface area contributed by atoms with Crippen LogP contribution >= 0.6 is 38.9 Å². The van der Waals surface area contributed by atoms with Crippen LogP contribution in [0.3, 0.4) is 0 Å². The summed E-state index contributed by atoms with van der Waals surface area (Å²) >= 11 is 10.6. The standard InChI is InChI=1S/C12H9BrClN3O2S/c13-10-3-6(5-20-10)12(18)16-9-4-7(14)1-2-8(9)11(15)17-19/h1-5,19H,(H2,15,17)(H,16,18). The van der Waals surface area contributed by atoms with E-state index in [0.717, 1.165) is 3.79 Å². The van der Waals surface area contributed by atoms with Crippen molar-refractivity contribution >= 4 is 56.3 Å². The molecule has 2 rings (SSSR count). The second-order valence-corrected chi connectivity index (χ2v) is 6.50. The highest BCUT2D eigenvalue weighted by molar-refractivity contribution is 9.11. The van der Waals surface area contributed by atoms with Gasteiger partial charge in [-0.25, -0.2) is 0 Å². The summed E-state index contributed by atoms with van der Waals surface area (Å²) in [7, 11) is 0. The van der Waals surface area contributed by atoms with Gasteiger partial charge in [0.15, 0.2) is 5.84 Å². The number of anilines is 1. The highest BCUT2D eigenvalue weighted by atomic mass is 79.9. The zero-order valence-electron chi connectivity index (χ0n) is 9.93. The van der Waals surface area contributed by atoms with Crippen LogP contribution in [-0.2, 0) is 0 Å². The van der Waals surface area contributed by atoms with Gasteiger partial charge in [-0.1, -0.05) is 16.8 Å². The normalized spacial score (nSPS) is 11.4. The average molecular weight is 375 g/mol. The minimum atomic E-state index is -0.304. The number of nitrogens with zero attached hydrogens (tertiary/aromatic N) is 1. The summed E-state index contributed by atoms with van der Waals surface area (Å²) in [5, 5.41) is 16.5. The van der Waals surface area contributed by atoms with E-state index in [1.807, 2.05) is 0 Å². The van der Waals surface area contributed by atoms with Crippen LogP contribution in [-0.4, -0.2) is 17.0 Å². The monoisotopic (exact) mass is 373 g/mol. The number of rotatable bonds is 3. The lowest BCUT2D eigenvalue weighted by Crippen LogP contribution is -2.19. The molecule has 0 fully saturated rings. The van der Waals surface area contributed by atoms with Crippen molar-refractivity contribution < 1.29 is 10.0 Å². The molecular weight excluding hydrogens is 366 g/mol. The van der Waals surface area contributed by atoms with Crippen LogP contribution in [0.2, 0.25) is 5.02 Å². The number of benzene rings is 1. The summed E-state index contributed by atoms with van der Waals surface area (Å²) < 4.78 is 0.852. The van der Waals surface area contributed by atoms with Crippen molar-refractivity contribution in [2.75, 3.05) is 5.32 Å². The van der Waals surface area contributed by atoms with E-state index in [-0.39, 0.29) is 11.7 Å². The summed E-state index contributed by atoms with van der Waals surface area (Å²) in [5.41, 5.74) is 6.83. The van der Waals surface area contributed by atoms with Crippen LogP contribution in [0.25, 0.3) is 0 Å². The Morgan fingerprint density at radius 3 is 2.80 bits per heavy atom. The van der Waals surface area contributed by atoms with Crippen molar-refractivity contribution in [3.63, 3.8) is 0 Å². The Kier molecular flexibility index (Phi) is 4.64. The maximum Gasteiger partial charge on any atom is 0.256 e. The number of hydrogen-bond donors (Lipinski definition) is 3. The van der Waals surface area contributed by atoms with E-state index in [0.29, 0.717) is 21.8 Å². The fraction of sp³-hybridized carbons (Fsp3) is 0. The molecule has 4 N–H and O–H groups in total. The number of nitrogens with one attached hydrogen (secondary N) is 1. The number of nitrogens with two attached hydrogens (primary N) is 1. The third-order valence-corrected chi connectivity index (χ3v) is 4.18. The third-order valence-electron chi connectivity index (χ3n) is 2.44. The smallest absolute Gasteiger partial charge is 0.256 e. The van der Waals surface area contributed by atoms with Crippen LogP contribution < -0.4 is 11.1 Å². The van der Waals surface area contributed by atoms with E-state index < -0.39 is 0 Å². The molecule has 0 saturated heterocycles. The number of carbonyl (C=O) groups is 1. The Labute approximate surface area is 132 Å². The van der Waals surface area contributed by atoms with Crippen LogP contribution in [0.15, 0.2) is 38.6 Å². The molecule has 20 heavy (non-hydrogen) atoms. The molecule has 1 heterocycles. The number of hydrogen-bond acceptors (Lipinski definition) is 4. The lowest BCUT2D eigenvalue weighted by atomic mass is 10.1. The summed E-state index contributed by atoms with van der Waals surface area (Å²) in [6.07, 6.45) is 0. The van der Waals surface area contributed by atoms with E-state index >= 15 is 0 Å². The molecule has 104 valence electrons. The Bertz CT molecular complexity index is 687. The van der Waals surface area contributed by atoms with Crippen LogP contribution in [0.5, 0.6) is 0 Å². The quantitative estimate of drug-likeness (QED) is 0.332. The molecule has 0 aliphatic rings. The minimum Gasteiger partial charge on any atom is -0.409 e. The number of amidine groups is 1. The van der Waals surface area contributed by atoms with Gasteiger partial charge in [0.1, 0.15) is 0 Å². The Morgan fingerprint density at radius 2 is 2.20 bits per heavy atom. The van der Waals surface area contributed by atoms with E-state index in [1.165, 1.54) is 17.4 Å². The molecule has 0 radical (unpaired) electrons. The molecule has 0 bridgehead atoms. The molecule has 0 atom stereocenters. The highest BCUT2D eigenvalue weighted by Crippen LogP contribution is 2.24. The lowest BCUT2D eigenvalue weighted by Gasteiger charge is -2.10. The van der Waals surface area contributed by atoms with Gasteiger partial charge in [-0.3, -0.25) is 4.79 Å². The summed E-state index contributed by atoms with van der Waals surface area (Å²) in [4.78, 5) is 12.1. The molecule has 1 aromatic carbocycles. The van der Waals surface area contributed by atoms with Gasteiger partial charge in [-0.2, -0.15) is 0 Å². The molecule has 1 amide bonds. The summed E-state index contributed by atoms with van der Waals surface area (Å²) in [5.74, 6) is -0.412. The molecule has 0 aliphatic heterocycles. The van der Waals surface area contributed by atoms with Gasteiger partial charge in [0.25, 0.3) is 5.91 Å². The van der Waals surface area contributed by atoms with Crippen LogP contribution in [0.4, 0.5) is 5.69 Å². The molecular formula is C12H9BrClN3O2S. The maximum absolute atomic E-state index is 12.1. The Morgan fingerprint density at radius 1 is 1.45 bits per heavy atom. The topological polar surface area (TPSA) is 87.7 Å². The van der Waals surface area contributed by atoms with Gasteiger partial charge in [-0.15, -0.1) is 11.3 Å². The summed E-state index contributed by atoms with van der Waals surface area (Å²) in [6, 6.07) is 6.39. The molecule has 0 spiro atoms. The molecule has 8 heteroatoms.